The van der Waals surface area contributed by atoms with Crippen molar-refractivity contribution in [2.45, 2.75) is 12.3 Å². The number of rotatable bonds is 7. The predicted octanol–water partition coefficient (Wildman–Crippen LogP) is 14.6. The highest BCUT2D eigenvalue weighted by Crippen LogP contribution is 2.55. The minimum atomic E-state index is -0.234. The summed E-state index contributed by atoms with van der Waals surface area (Å²) in [6.45, 7) is 2.38. The second kappa shape index (κ2) is 13.5. The van der Waals surface area contributed by atoms with Crippen LogP contribution in [0.3, 0.4) is 0 Å². The minimum Gasteiger partial charge on any atom is -0.310 e. The van der Waals surface area contributed by atoms with Crippen molar-refractivity contribution in [3.63, 3.8) is 0 Å². The molecule has 1 heteroatoms. The molecule has 1 nitrogen and oxygen atoms in total. The van der Waals surface area contributed by atoms with Crippen LogP contribution in [0.2, 0.25) is 0 Å². The van der Waals surface area contributed by atoms with Gasteiger partial charge in [-0.3, -0.25) is 0 Å². The monoisotopic (exact) mass is 701 g/mol. The number of fused-ring (bicyclic) bond motifs is 4. The summed E-state index contributed by atoms with van der Waals surface area (Å²) in [5.41, 5.74) is 17.0. The highest BCUT2D eigenvalue weighted by molar-refractivity contribution is 5.95. The van der Waals surface area contributed by atoms with E-state index in [9.17, 15) is 0 Å². The van der Waals surface area contributed by atoms with E-state index in [1.165, 1.54) is 72.0 Å². The van der Waals surface area contributed by atoms with Crippen LogP contribution in [-0.4, -0.2) is 0 Å². The van der Waals surface area contributed by atoms with E-state index in [1.54, 1.807) is 0 Å². The Labute approximate surface area is 323 Å². The average Bonchev–Trinajstić information content (AvgIpc) is 3.53. The molecule has 10 rings (SSSR count). The van der Waals surface area contributed by atoms with Gasteiger partial charge in [-0.25, -0.2) is 0 Å². The Balaban J connectivity index is 1.08. The number of hydrogen-bond acceptors (Lipinski definition) is 1. The van der Waals surface area contributed by atoms with Crippen molar-refractivity contribution in [1.29, 1.82) is 0 Å². The minimum absolute atomic E-state index is 0.234. The second-order valence-corrected chi connectivity index (χ2v) is 14.7. The Morgan fingerprint density at radius 3 is 1.67 bits per heavy atom. The highest BCUT2D eigenvalue weighted by Gasteiger charge is 2.41. The normalized spacial score (nSPS) is 14.3. The van der Waals surface area contributed by atoms with E-state index >= 15 is 0 Å². The molecule has 9 aromatic rings. The molecule has 1 aliphatic carbocycles. The highest BCUT2D eigenvalue weighted by atomic mass is 15.1. The van der Waals surface area contributed by atoms with Gasteiger partial charge in [0.15, 0.2) is 0 Å². The van der Waals surface area contributed by atoms with Gasteiger partial charge in [0.05, 0.1) is 0 Å². The molecule has 0 bridgehead atoms. The third kappa shape index (κ3) is 5.64. The van der Waals surface area contributed by atoms with Crippen molar-refractivity contribution in [2.24, 2.45) is 0 Å². The van der Waals surface area contributed by atoms with Gasteiger partial charge < -0.3 is 4.90 Å². The van der Waals surface area contributed by atoms with Crippen LogP contribution in [0, 0.1) is 0 Å². The summed E-state index contributed by atoms with van der Waals surface area (Å²) in [6.07, 6.45) is 0. The van der Waals surface area contributed by atoms with Gasteiger partial charge in [0.25, 0.3) is 0 Å². The van der Waals surface area contributed by atoms with Crippen molar-refractivity contribution >= 4 is 27.8 Å². The van der Waals surface area contributed by atoms with Gasteiger partial charge in [-0.1, -0.05) is 176 Å². The summed E-state index contributed by atoms with van der Waals surface area (Å²) in [6, 6.07) is 79.7. The number of benzene rings is 9. The summed E-state index contributed by atoms with van der Waals surface area (Å²) in [5.74, 6) is 0. The topological polar surface area (TPSA) is 3.24 Å². The van der Waals surface area contributed by atoms with Crippen molar-refractivity contribution in [3.8, 4) is 44.5 Å². The summed E-state index contributed by atoms with van der Waals surface area (Å²) < 4.78 is 0. The van der Waals surface area contributed by atoms with Gasteiger partial charge in [0.2, 0.25) is 0 Å². The Hall–Kier alpha value is -6.96. The van der Waals surface area contributed by atoms with Gasteiger partial charge >= 0.3 is 0 Å². The first-order chi connectivity index (χ1) is 27.1. The number of nitrogens with zero attached hydrogens (tertiary/aromatic N) is 1. The third-order valence-corrected chi connectivity index (χ3v) is 11.5. The fourth-order valence-electron chi connectivity index (χ4n) is 8.75. The second-order valence-electron chi connectivity index (χ2n) is 14.7. The number of hydrogen-bond donors (Lipinski definition) is 0. The van der Waals surface area contributed by atoms with Crippen LogP contribution >= 0.6 is 0 Å². The van der Waals surface area contributed by atoms with Crippen LogP contribution < -0.4 is 4.90 Å². The molecule has 55 heavy (non-hydrogen) atoms. The largest absolute Gasteiger partial charge is 0.310 e. The van der Waals surface area contributed by atoms with Crippen LogP contribution in [0.1, 0.15) is 23.6 Å². The van der Waals surface area contributed by atoms with Crippen LogP contribution in [0.15, 0.2) is 218 Å². The quantitative estimate of drug-likeness (QED) is 0.160. The van der Waals surface area contributed by atoms with Crippen molar-refractivity contribution in [1.82, 2.24) is 0 Å². The molecule has 0 fully saturated rings. The molecule has 0 N–H and O–H groups in total. The summed E-state index contributed by atoms with van der Waals surface area (Å²) >= 11 is 0. The Bertz CT molecular complexity index is 2820. The molecular formula is C54H39N. The average molecular weight is 702 g/mol. The molecule has 0 saturated carbocycles. The van der Waals surface area contributed by atoms with E-state index in [4.69, 9.17) is 0 Å². The predicted molar refractivity (Wildman–Crippen MR) is 232 cm³/mol. The van der Waals surface area contributed by atoms with Crippen molar-refractivity contribution in [3.05, 3.63) is 235 Å². The molecule has 0 radical (unpaired) electrons. The summed E-state index contributed by atoms with van der Waals surface area (Å²) in [7, 11) is 0. The molecule has 0 aliphatic heterocycles. The van der Waals surface area contributed by atoms with Gasteiger partial charge in [-0.2, -0.15) is 0 Å². The van der Waals surface area contributed by atoms with Crippen molar-refractivity contribution < 1.29 is 0 Å². The molecule has 1 atom stereocenters. The lowest BCUT2D eigenvalue weighted by Gasteiger charge is -2.28. The van der Waals surface area contributed by atoms with E-state index in [0.717, 1.165) is 17.1 Å². The smallest absolute Gasteiger partial charge is 0.0468 e. The zero-order chi connectivity index (χ0) is 36.8. The van der Waals surface area contributed by atoms with Crippen LogP contribution in [0.25, 0.3) is 55.3 Å². The van der Waals surface area contributed by atoms with Gasteiger partial charge in [-0.15, -0.1) is 0 Å². The maximum absolute atomic E-state index is 2.39. The van der Waals surface area contributed by atoms with E-state index < -0.39 is 0 Å². The zero-order valence-electron chi connectivity index (χ0n) is 30.7. The third-order valence-electron chi connectivity index (χ3n) is 11.5. The van der Waals surface area contributed by atoms with E-state index in [1.807, 2.05) is 0 Å². The standard InChI is InChI=1S/C54H39N/c1-54(45-22-6-3-7-23-45)51-27-11-10-25-50(51)53-49(26-14-28-52(53)54)40-30-32-46(33-31-40)55(48-34-29-39-17-8-9-18-43(39)36-48)47-24-13-21-44(37-47)42-20-12-19-41(35-42)38-15-4-2-5-16-38/h2-37H,1H3. The van der Waals surface area contributed by atoms with E-state index in [-0.39, 0.29) is 5.41 Å². The number of anilines is 3. The molecule has 9 aromatic carbocycles. The Morgan fingerprint density at radius 1 is 0.327 bits per heavy atom. The summed E-state index contributed by atoms with van der Waals surface area (Å²) in [4.78, 5) is 2.39. The summed E-state index contributed by atoms with van der Waals surface area (Å²) in [5, 5.41) is 2.45. The molecule has 0 amide bonds. The molecule has 0 saturated heterocycles. The Kier molecular flexibility index (Phi) is 8.00. The first-order valence-electron chi connectivity index (χ1n) is 19.1. The van der Waals surface area contributed by atoms with Gasteiger partial charge in [0.1, 0.15) is 0 Å². The lowest BCUT2D eigenvalue weighted by Crippen LogP contribution is -2.22. The van der Waals surface area contributed by atoms with E-state index in [2.05, 4.69) is 230 Å². The fraction of sp³-hybridized carbons (Fsp3) is 0.0370. The molecule has 1 aliphatic rings. The molecular weight excluding hydrogens is 663 g/mol. The van der Waals surface area contributed by atoms with E-state index in [0.29, 0.717) is 0 Å². The first kappa shape index (κ1) is 32.7. The zero-order valence-corrected chi connectivity index (χ0v) is 30.7. The Morgan fingerprint density at radius 2 is 0.873 bits per heavy atom. The van der Waals surface area contributed by atoms with Gasteiger partial charge in [-0.05, 0) is 121 Å². The first-order valence-corrected chi connectivity index (χ1v) is 19.1. The fourth-order valence-corrected chi connectivity index (χ4v) is 8.75. The lowest BCUT2D eigenvalue weighted by molar-refractivity contribution is 0.714. The molecule has 1 unspecified atom stereocenters. The maximum Gasteiger partial charge on any atom is 0.0468 e. The molecule has 0 spiro atoms. The van der Waals surface area contributed by atoms with Crippen LogP contribution in [0.4, 0.5) is 17.1 Å². The van der Waals surface area contributed by atoms with Crippen LogP contribution in [-0.2, 0) is 5.41 Å². The SMILES string of the molecule is CC1(c2ccccc2)c2ccccc2-c2c(-c3ccc(N(c4cccc(-c5cccc(-c6ccccc6)c5)c4)c4ccc5ccccc5c4)cc3)cccc21. The van der Waals surface area contributed by atoms with Crippen molar-refractivity contribution in [2.75, 3.05) is 4.90 Å². The molecule has 0 aromatic heterocycles. The molecule has 0 heterocycles. The van der Waals surface area contributed by atoms with Gasteiger partial charge in [0, 0.05) is 22.5 Å². The lowest BCUT2D eigenvalue weighted by atomic mass is 9.74. The maximum atomic E-state index is 2.39. The van der Waals surface area contributed by atoms with Crippen LogP contribution in [0.5, 0.6) is 0 Å². The molecule has 260 valence electrons.